The number of benzene rings is 2. The number of halogens is 1. The Kier molecular flexibility index (Phi) is 8.22. The van der Waals surface area contributed by atoms with Gasteiger partial charge in [0, 0.05) is 32.7 Å². The van der Waals surface area contributed by atoms with Crippen LogP contribution in [0.25, 0.3) is 0 Å². The van der Waals surface area contributed by atoms with Crippen LogP contribution in [-0.4, -0.2) is 55.7 Å². The number of rotatable bonds is 10. The molecule has 2 aromatic rings. The van der Waals surface area contributed by atoms with Gasteiger partial charge >= 0.3 is 0 Å². The summed E-state index contributed by atoms with van der Waals surface area (Å²) in [5.41, 5.74) is 1.34. The Bertz CT molecular complexity index is 870. The molecule has 1 heterocycles. The third-order valence-electron chi connectivity index (χ3n) is 6.17. The number of piperazine rings is 1. The summed E-state index contributed by atoms with van der Waals surface area (Å²) in [7, 11) is 0. The summed E-state index contributed by atoms with van der Waals surface area (Å²) in [4.78, 5) is 4.88. The molecule has 1 saturated heterocycles. The zero-order valence-corrected chi connectivity index (χ0v) is 18.4. The van der Waals surface area contributed by atoms with E-state index in [1.54, 1.807) is 12.1 Å². The Morgan fingerprint density at radius 2 is 1.65 bits per heavy atom. The van der Waals surface area contributed by atoms with Crippen LogP contribution in [0.5, 0.6) is 5.75 Å². The van der Waals surface area contributed by atoms with E-state index in [0.29, 0.717) is 12.4 Å². The molecule has 0 N–H and O–H groups in total. The van der Waals surface area contributed by atoms with E-state index in [1.807, 2.05) is 37.3 Å². The lowest BCUT2D eigenvalue weighted by Gasteiger charge is -2.35. The van der Waals surface area contributed by atoms with Crippen molar-refractivity contribution in [3.05, 3.63) is 78.1 Å². The molecular weight excluding hydrogens is 389 g/mol. The second-order valence-electron chi connectivity index (χ2n) is 8.25. The summed E-state index contributed by atoms with van der Waals surface area (Å²) in [6, 6.07) is 18.7. The third-order valence-corrected chi connectivity index (χ3v) is 6.17. The standard InChI is InChI=1S/C26H32FN3O/c1-22(2)26(21-28,23-7-4-3-5-8-23)13-6-14-29-15-17-30(18-16-29)19-20-31-25-11-9-24(27)10-12-25/h3-5,7-12H,1,6,13-20H2,2H3. The highest BCUT2D eigenvalue weighted by Gasteiger charge is 2.33. The van der Waals surface area contributed by atoms with Gasteiger partial charge in [0.2, 0.25) is 0 Å². The molecule has 31 heavy (non-hydrogen) atoms. The van der Waals surface area contributed by atoms with Crippen molar-refractivity contribution in [1.29, 1.82) is 5.26 Å². The van der Waals surface area contributed by atoms with Crippen LogP contribution in [0.1, 0.15) is 25.3 Å². The van der Waals surface area contributed by atoms with Crippen molar-refractivity contribution in [2.24, 2.45) is 0 Å². The second kappa shape index (κ2) is 11.1. The van der Waals surface area contributed by atoms with E-state index in [2.05, 4.69) is 22.4 Å². The fraction of sp³-hybridized carbons (Fsp3) is 0.423. The van der Waals surface area contributed by atoms with Crippen molar-refractivity contribution in [1.82, 2.24) is 9.80 Å². The summed E-state index contributed by atoms with van der Waals surface area (Å²) in [5.74, 6) is 0.458. The van der Waals surface area contributed by atoms with Crippen molar-refractivity contribution in [2.45, 2.75) is 25.2 Å². The normalized spacial score (nSPS) is 16.9. The van der Waals surface area contributed by atoms with Gasteiger partial charge in [-0.2, -0.15) is 5.26 Å². The van der Waals surface area contributed by atoms with Gasteiger partial charge in [-0.25, -0.2) is 4.39 Å². The SMILES string of the molecule is C=C(C)C(C#N)(CCCN1CCN(CCOc2ccc(F)cc2)CC1)c1ccccc1. The maximum Gasteiger partial charge on any atom is 0.123 e. The van der Waals surface area contributed by atoms with Gasteiger partial charge in [-0.05, 0) is 56.1 Å². The second-order valence-corrected chi connectivity index (χ2v) is 8.25. The zero-order chi connectivity index (χ0) is 22.1. The molecule has 0 bridgehead atoms. The maximum atomic E-state index is 12.9. The molecule has 1 fully saturated rings. The minimum Gasteiger partial charge on any atom is -0.492 e. The van der Waals surface area contributed by atoms with E-state index < -0.39 is 5.41 Å². The van der Waals surface area contributed by atoms with Gasteiger partial charge in [-0.3, -0.25) is 4.90 Å². The number of hydrogen-bond acceptors (Lipinski definition) is 4. The Labute approximate surface area is 185 Å². The van der Waals surface area contributed by atoms with Crippen LogP contribution in [0.15, 0.2) is 66.7 Å². The molecule has 1 aliphatic heterocycles. The highest BCUT2D eigenvalue weighted by atomic mass is 19.1. The number of nitriles is 1. The van der Waals surface area contributed by atoms with Crippen LogP contribution < -0.4 is 4.74 Å². The summed E-state index contributed by atoms with van der Waals surface area (Å²) < 4.78 is 18.7. The van der Waals surface area contributed by atoms with Crippen molar-refractivity contribution >= 4 is 0 Å². The predicted octanol–water partition coefficient (Wildman–Crippen LogP) is 4.64. The van der Waals surface area contributed by atoms with Crippen molar-refractivity contribution < 1.29 is 9.13 Å². The Hall–Kier alpha value is -2.68. The highest BCUT2D eigenvalue weighted by Crippen LogP contribution is 2.35. The molecule has 0 aromatic heterocycles. The van der Waals surface area contributed by atoms with Gasteiger partial charge in [0.1, 0.15) is 23.6 Å². The van der Waals surface area contributed by atoms with Gasteiger partial charge in [0.25, 0.3) is 0 Å². The fourth-order valence-corrected chi connectivity index (χ4v) is 4.17. The van der Waals surface area contributed by atoms with Crippen LogP contribution in [-0.2, 0) is 5.41 Å². The molecule has 0 aliphatic carbocycles. The van der Waals surface area contributed by atoms with Crippen LogP contribution in [0, 0.1) is 17.1 Å². The van der Waals surface area contributed by atoms with E-state index in [4.69, 9.17) is 4.74 Å². The van der Waals surface area contributed by atoms with Gasteiger partial charge in [-0.1, -0.05) is 42.5 Å². The summed E-state index contributed by atoms with van der Waals surface area (Å²) in [6.45, 7) is 12.6. The molecule has 1 unspecified atom stereocenters. The minimum atomic E-state index is -0.610. The Morgan fingerprint density at radius 3 is 2.23 bits per heavy atom. The molecule has 164 valence electrons. The van der Waals surface area contributed by atoms with Gasteiger partial charge in [0.15, 0.2) is 0 Å². The molecule has 5 heteroatoms. The van der Waals surface area contributed by atoms with Crippen LogP contribution in [0.4, 0.5) is 4.39 Å². The number of hydrogen-bond donors (Lipinski definition) is 0. The summed E-state index contributed by atoms with van der Waals surface area (Å²) in [6.07, 6.45) is 1.75. The molecule has 3 rings (SSSR count). The third kappa shape index (κ3) is 6.16. The first-order chi connectivity index (χ1) is 15.0. The Morgan fingerprint density at radius 1 is 1.03 bits per heavy atom. The largest absolute Gasteiger partial charge is 0.492 e. The molecule has 4 nitrogen and oxygen atoms in total. The lowest BCUT2D eigenvalue weighted by molar-refractivity contribution is 0.115. The molecule has 0 radical (unpaired) electrons. The van der Waals surface area contributed by atoms with E-state index >= 15 is 0 Å². The monoisotopic (exact) mass is 421 g/mol. The van der Waals surface area contributed by atoms with Crippen molar-refractivity contribution in [3.8, 4) is 11.8 Å². The van der Waals surface area contributed by atoms with Crippen molar-refractivity contribution in [2.75, 3.05) is 45.9 Å². The first kappa shape index (κ1) is 23.0. The molecule has 2 aromatic carbocycles. The van der Waals surface area contributed by atoms with Crippen LogP contribution in [0.2, 0.25) is 0 Å². The van der Waals surface area contributed by atoms with Crippen LogP contribution >= 0.6 is 0 Å². The van der Waals surface area contributed by atoms with E-state index in [9.17, 15) is 9.65 Å². The topological polar surface area (TPSA) is 39.5 Å². The maximum absolute atomic E-state index is 12.9. The molecule has 1 atom stereocenters. The lowest BCUT2D eigenvalue weighted by atomic mass is 9.73. The number of allylic oxidation sites excluding steroid dienone is 1. The first-order valence-corrected chi connectivity index (χ1v) is 11.0. The average Bonchev–Trinajstić information content (AvgIpc) is 2.79. The summed E-state index contributed by atoms with van der Waals surface area (Å²) in [5, 5.41) is 9.99. The molecular formula is C26H32FN3O. The molecule has 0 amide bonds. The van der Waals surface area contributed by atoms with E-state index in [-0.39, 0.29) is 5.82 Å². The average molecular weight is 422 g/mol. The van der Waals surface area contributed by atoms with Crippen LogP contribution in [0.3, 0.4) is 0 Å². The smallest absolute Gasteiger partial charge is 0.123 e. The van der Waals surface area contributed by atoms with E-state index in [1.165, 1.54) is 12.1 Å². The Balaban J connectivity index is 1.40. The lowest BCUT2D eigenvalue weighted by Crippen LogP contribution is -2.47. The predicted molar refractivity (Wildman–Crippen MR) is 123 cm³/mol. The van der Waals surface area contributed by atoms with Gasteiger partial charge in [0.05, 0.1) is 6.07 Å². The van der Waals surface area contributed by atoms with Crippen molar-refractivity contribution in [3.63, 3.8) is 0 Å². The molecule has 0 saturated carbocycles. The first-order valence-electron chi connectivity index (χ1n) is 11.0. The minimum absolute atomic E-state index is 0.248. The highest BCUT2D eigenvalue weighted by molar-refractivity contribution is 5.41. The van der Waals surface area contributed by atoms with E-state index in [0.717, 1.165) is 63.2 Å². The fourth-order valence-electron chi connectivity index (χ4n) is 4.17. The molecule has 0 spiro atoms. The summed E-state index contributed by atoms with van der Waals surface area (Å²) >= 11 is 0. The van der Waals surface area contributed by atoms with Gasteiger partial charge < -0.3 is 9.64 Å². The quantitative estimate of drug-likeness (QED) is 0.524. The van der Waals surface area contributed by atoms with Gasteiger partial charge in [-0.15, -0.1) is 0 Å². The zero-order valence-electron chi connectivity index (χ0n) is 18.4. The number of ether oxygens (including phenoxy) is 1. The number of nitrogens with zero attached hydrogens (tertiary/aromatic N) is 3. The molecule has 1 aliphatic rings.